The number of rotatable bonds is 8. The molecule has 0 spiro atoms. The molecule has 0 saturated carbocycles. The van der Waals surface area contributed by atoms with Gasteiger partial charge in [-0.05, 0) is 31.9 Å². The number of ether oxygens (including phenoxy) is 1. The molecule has 0 aliphatic rings. The van der Waals surface area contributed by atoms with Crippen LogP contribution in [0.5, 0.6) is 0 Å². The fourth-order valence-electron chi connectivity index (χ4n) is 2.66. The maximum Gasteiger partial charge on any atom is 0.341 e. The minimum atomic E-state index is -0.563. The van der Waals surface area contributed by atoms with Crippen LogP contribution in [-0.2, 0) is 9.53 Å². The van der Waals surface area contributed by atoms with E-state index in [-0.39, 0.29) is 36.6 Å². The summed E-state index contributed by atoms with van der Waals surface area (Å²) in [6.45, 7) is 5.59. The molecule has 0 aliphatic heterocycles. The van der Waals surface area contributed by atoms with E-state index >= 15 is 0 Å². The van der Waals surface area contributed by atoms with Gasteiger partial charge in [-0.15, -0.1) is 11.3 Å². The number of hydrogen-bond donors (Lipinski definition) is 3. The molecule has 2 aromatic rings. The minimum Gasteiger partial charge on any atom is -0.462 e. The number of carbonyl (C=O) groups excluding carboxylic acids is 3. The lowest BCUT2D eigenvalue weighted by Gasteiger charge is -2.14. The van der Waals surface area contributed by atoms with E-state index in [4.69, 9.17) is 4.74 Å². The van der Waals surface area contributed by atoms with Gasteiger partial charge in [0.15, 0.2) is 0 Å². The summed E-state index contributed by atoms with van der Waals surface area (Å²) >= 11 is 1.06. The first kappa shape index (κ1) is 21.6. The first-order chi connectivity index (χ1) is 13.4. The van der Waals surface area contributed by atoms with Gasteiger partial charge in [0.05, 0.1) is 23.6 Å². The summed E-state index contributed by atoms with van der Waals surface area (Å²) in [6, 6.07) is 9.76. The molecule has 150 valence electrons. The molecule has 0 saturated heterocycles. The molecule has 7 nitrogen and oxygen atoms in total. The zero-order chi connectivity index (χ0) is 20.7. The van der Waals surface area contributed by atoms with E-state index in [0.29, 0.717) is 15.4 Å². The highest BCUT2D eigenvalue weighted by molar-refractivity contribution is 7.18. The van der Waals surface area contributed by atoms with E-state index in [1.165, 1.54) is 7.05 Å². The Hall–Kier alpha value is -2.71. The number of anilines is 1. The third-order valence-electron chi connectivity index (χ3n) is 4.18. The lowest BCUT2D eigenvalue weighted by molar-refractivity contribution is -0.115. The predicted molar refractivity (Wildman–Crippen MR) is 110 cm³/mol. The summed E-state index contributed by atoms with van der Waals surface area (Å²) in [4.78, 5) is 37.2. The minimum absolute atomic E-state index is 0.0111. The van der Waals surface area contributed by atoms with E-state index in [0.717, 1.165) is 16.9 Å². The first-order valence-electron chi connectivity index (χ1n) is 8.99. The van der Waals surface area contributed by atoms with Crippen molar-refractivity contribution in [3.05, 3.63) is 51.9 Å². The fourth-order valence-corrected chi connectivity index (χ4v) is 3.81. The number of benzene rings is 1. The summed E-state index contributed by atoms with van der Waals surface area (Å²) in [5.74, 6) is -1.19. The van der Waals surface area contributed by atoms with Gasteiger partial charge in [0.2, 0.25) is 5.91 Å². The maximum atomic E-state index is 12.4. The highest BCUT2D eigenvalue weighted by Gasteiger charge is 2.26. The quantitative estimate of drug-likeness (QED) is 0.589. The topological polar surface area (TPSA) is 96.5 Å². The van der Waals surface area contributed by atoms with Gasteiger partial charge >= 0.3 is 5.97 Å². The number of carbonyl (C=O) groups is 3. The molecule has 0 fully saturated rings. The monoisotopic (exact) mass is 403 g/mol. The van der Waals surface area contributed by atoms with E-state index in [1.807, 2.05) is 37.3 Å². The van der Waals surface area contributed by atoms with Crippen LogP contribution in [0, 0.1) is 6.92 Å². The summed E-state index contributed by atoms with van der Waals surface area (Å²) in [6.07, 6.45) is 0. The van der Waals surface area contributed by atoms with E-state index < -0.39 is 5.97 Å². The summed E-state index contributed by atoms with van der Waals surface area (Å²) in [5, 5.41) is 8.73. The average molecular weight is 404 g/mol. The van der Waals surface area contributed by atoms with Crippen molar-refractivity contribution < 1.29 is 19.1 Å². The Morgan fingerprint density at radius 3 is 2.46 bits per heavy atom. The van der Waals surface area contributed by atoms with Crippen molar-refractivity contribution in [1.82, 2.24) is 10.6 Å². The number of nitrogens with one attached hydrogen (secondary N) is 3. The molecule has 1 aromatic carbocycles. The van der Waals surface area contributed by atoms with Crippen LogP contribution in [0.3, 0.4) is 0 Å². The Bertz CT molecular complexity index is 849. The van der Waals surface area contributed by atoms with E-state index in [2.05, 4.69) is 16.0 Å². The molecular weight excluding hydrogens is 378 g/mol. The largest absolute Gasteiger partial charge is 0.462 e. The van der Waals surface area contributed by atoms with Crippen LogP contribution >= 0.6 is 11.3 Å². The second-order valence-electron chi connectivity index (χ2n) is 6.12. The van der Waals surface area contributed by atoms with Crippen molar-refractivity contribution in [3.63, 3.8) is 0 Å². The normalized spacial score (nSPS) is 11.6. The molecular formula is C20H25N3O4S. The highest BCUT2D eigenvalue weighted by Crippen LogP contribution is 2.33. The third kappa shape index (κ3) is 5.17. The third-order valence-corrected chi connectivity index (χ3v) is 5.39. The summed E-state index contributed by atoms with van der Waals surface area (Å²) in [5.41, 5.74) is 1.77. The zero-order valence-electron chi connectivity index (χ0n) is 16.4. The van der Waals surface area contributed by atoms with Crippen LogP contribution in [0.15, 0.2) is 30.3 Å². The average Bonchev–Trinajstić information content (AvgIpc) is 3.02. The number of esters is 1. The summed E-state index contributed by atoms with van der Waals surface area (Å²) < 4.78 is 5.08. The molecule has 1 heterocycles. The van der Waals surface area contributed by atoms with Gasteiger partial charge in [-0.25, -0.2) is 4.79 Å². The van der Waals surface area contributed by atoms with Gasteiger partial charge in [0.25, 0.3) is 5.91 Å². The van der Waals surface area contributed by atoms with E-state index in [9.17, 15) is 14.4 Å². The molecule has 3 N–H and O–H groups in total. The fraction of sp³-hybridized carbons (Fsp3) is 0.350. The van der Waals surface area contributed by atoms with Crippen molar-refractivity contribution in [2.24, 2.45) is 0 Å². The molecule has 0 bridgehead atoms. The molecule has 0 unspecified atom stereocenters. The van der Waals surface area contributed by atoms with Crippen LogP contribution < -0.4 is 16.0 Å². The van der Waals surface area contributed by atoms with Gasteiger partial charge < -0.3 is 20.7 Å². The Morgan fingerprint density at radius 2 is 1.86 bits per heavy atom. The zero-order valence-corrected chi connectivity index (χ0v) is 17.2. The second-order valence-corrected chi connectivity index (χ2v) is 7.14. The van der Waals surface area contributed by atoms with E-state index in [1.54, 1.807) is 13.8 Å². The predicted octanol–water partition coefficient (Wildman–Crippen LogP) is 2.88. The number of hydrogen-bond acceptors (Lipinski definition) is 6. The highest BCUT2D eigenvalue weighted by atomic mass is 32.1. The standard InChI is InChI=1S/C20H25N3O4S/c1-5-27-20(26)16-12(2)17(18(25)21-4)28-19(16)23-15(24)11-22-13(3)14-9-7-6-8-10-14/h6-10,13,22H,5,11H2,1-4H3,(H,21,25)(H,23,24)/t13-/m1/s1. The van der Waals surface area contributed by atoms with Gasteiger partial charge in [-0.3, -0.25) is 9.59 Å². The van der Waals surface area contributed by atoms with Gasteiger partial charge in [0, 0.05) is 13.1 Å². The van der Waals surface area contributed by atoms with Crippen molar-refractivity contribution in [2.75, 3.05) is 25.5 Å². The van der Waals surface area contributed by atoms with Gasteiger partial charge in [-0.1, -0.05) is 30.3 Å². The number of thiophene rings is 1. The molecule has 2 rings (SSSR count). The lowest BCUT2D eigenvalue weighted by Crippen LogP contribution is -2.30. The lowest BCUT2D eigenvalue weighted by atomic mass is 10.1. The molecule has 1 aromatic heterocycles. The van der Waals surface area contributed by atoms with Gasteiger partial charge in [0.1, 0.15) is 5.00 Å². The molecule has 0 aliphatic carbocycles. The van der Waals surface area contributed by atoms with Crippen molar-refractivity contribution >= 4 is 34.1 Å². The molecule has 0 radical (unpaired) electrons. The molecule has 2 amide bonds. The van der Waals surface area contributed by atoms with Gasteiger partial charge in [-0.2, -0.15) is 0 Å². The van der Waals surface area contributed by atoms with Crippen molar-refractivity contribution in [1.29, 1.82) is 0 Å². The van der Waals surface area contributed by atoms with Crippen LogP contribution in [0.25, 0.3) is 0 Å². The Balaban J connectivity index is 2.14. The SMILES string of the molecule is CCOC(=O)c1c(NC(=O)CN[C@H](C)c2ccccc2)sc(C(=O)NC)c1C. The van der Waals surface area contributed by atoms with Crippen molar-refractivity contribution in [3.8, 4) is 0 Å². The smallest absolute Gasteiger partial charge is 0.341 e. The Kier molecular flexibility index (Phi) is 7.71. The van der Waals surface area contributed by atoms with Crippen LogP contribution in [-0.4, -0.2) is 38.0 Å². The number of amides is 2. The Labute approximate surface area is 168 Å². The molecule has 1 atom stereocenters. The second kappa shape index (κ2) is 10.0. The molecule has 8 heteroatoms. The van der Waals surface area contributed by atoms with Crippen molar-refractivity contribution in [2.45, 2.75) is 26.8 Å². The molecule has 28 heavy (non-hydrogen) atoms. The Morgan fingerprint density at radius 1 is 1.18 bits per heavy atom. The maximum absolute atomic E-state index is 12.4. The first-order valence-corrected chi connectivity index (χ1v) is 9.81. The van der Waals surface area contributed by atoms with Crippen LogP contribution in [0.1, 0.15) is 51.0 Å². The van der Waals surface area contributed by atoms with Crippen LogP contribution in [0.2, 0.25) is 0 Å². The van der Waals surface area contributed by atoms with Crippen LogP contribution in [0.4, 0.5) is 5.00 Å². The summed E-state index contributed by atoms with van der Waals surface area (Å²) in [7, 11) is 1.51.